The maximum Gasteiger partial charge on any atom is 0.273 e. The number of likely N-dealkylation sites (N-methyl/N-ethyl adjacent to an activating group) is 1. The number of nitrogens with one attached hydrogen (secondary N) is 2. The second-order valence-electron chi connectivity index (χ2n) is 5.62. The fraction of sp³-hybridized carbons (Fsp3) is 0.600. The SMILES string of the molecule is CCNC(=O)[C@@H]1C[C@H](NC(=O)c2cc(C)on2)CN1C(=O)CSC. The summed E-state index contributed by atoms with van der Waals surface area (Å²) in [5, 5.41) is 9.24. The highest BCUT2D eigenvalue weighted by atomic mass is 32.2. The molecule has 0 spiro atoms. The lowest BCUT2D eigenvalue weighted by Gasteiger charge is -2.23. The minimum Gasteiger partial charge on any atom is -0.361 e. The van der Waals surface area contributed by atoms with Crippen LogP contribution >= 0.6 is 11.8 Å². The second kappa shape index (κ2) is 8.18. The quantitative estimate of drug-likeness (QED) is 0.755. The fourth-order valence-electron chi connectivity index (χ4n) is 2.70. The van der Waals surface area contributed by atoms with Gasteiger partial charge in [-0.3, -0.25) is 14.4 Å². The smallest absolute Gasteiger partial charge is 0.273 e. The molecule has 1 aliphatic rings. The Morgan fingerprint density at radius 1 is 1.46 bits per heavy atom. The van der Waals surface area contributed by atoms with E-state index in [0.717, 1.165) is 0 Å². The number of carbonyl (C=O) groups excluding carboxylic acids is 3. The van der Waals surface area contributed by atoms with Crippen LogP contribution in [-0.4, -0.2) is 65.0 Å². The van der Waals surface area contributed by atoms with Crippen LogP contribution < -0.4 is 10.6 Å². The van der Waals surface area contributed by atoms with E-state index in [1.807, 2.05) is 13.2 Å². The summed E-state index contributed by atoms with van der Waals surface area (Å²) in [5.41, 5.74) is 0.191. The Hall–Kier alpha value is -2.03. The number of hydrogen-bond acceptors (Lipinski definition) is 6. The average molecular weight is 354 g/mol. The maximum absolute atomic E-state index is 12.3. The topological polar surface area (TPSA) is 105 Å². The summed E-state index contributed by atoms with van der Waals surface area (Å²) in [6, 6.07) is 0.684. The second-order valence-corrected chi connectivity index (χ2v) is 6.48. The summed E-state index contributed by atoms with van der Waals surface area (Å²) in [6.45, 7) is 4.33. The van der Waals surface area contributed by atoms with Gasteiger partial charge in [0.1, 0.15) is 11.8 Å². The number of amides is 3. The van der Waals surface area contributed by atoms with Gasteiger partial charge in [0.2, 0.25) is 11.8 Å². The molecule has 0 unspecified atom stereocenters. The number of nitrogens with zero attached hydrogens (tertiary/aromatic N) is 2. The minimum absolute atomic E-state index is 0.104. The number of aryl methyl sites for hydroxylation is 1. The Balaban J connectivity index is 2.05. The van der Waals surface area contributed by atoms with Crippen molar-refractivity contribution in [2.75, 3.05) is 25.1 Å². The van der Waals surface area contributed by atoms with Crippen molar-refractivity contribution in [3.05, 3.63) is 17.5 Å². The van der Waals surface area contributed by atoms with E-state index in [4.69, 9.17) is 4.52 Å². The summed E-state index contributed by atoms with van der Waals surface area (Å²) < 4.78 is 4.89. The van der Waals surface area contributed by atoms with Gasteiger partial charge in [0, 0.05) is 25.2 Å². The van der Waals surface area contributed by atoms with Gasteiger partial charge in [-0.1, -0.05) is 5.16 Å². The molecule has 1 aromatic rings. The highest BCUT2D eigenvalue weighted by Crippen LogP contribution is 2.20. The van der Waals surface area contributed by atoms with E-state index in [0.29, 0.717) is 31.0 Å². The van der Waals surface area contributed by atoms with Crippen LogP contribution in [0.1, 0.15) is 29.6 Å². The molecule has 132 valence electrons. The lowest BCUT2D eigenvalue weighted by molar-refractivity contribution is -0.136. The summed E-state index contributed by atoms with van der Waals surface area (Å²) in [7, 11) is 0. The molecule has 1 aromatic heterocycles. The first-order valence-corrected chi connectivity index (χ1v) is 9.16. The molecule has 2 atom stereocenters. The van der Waals surface area contributed by atoms with Crippen molar-refractivity contribution in [3.63, 3.8) is 0 Å². The van der Waals surface area contributed by atoms with Gasteiger partial charge in [-0.05, 0) is 26.5 Å². The van der Waals surface area contributed by atoms with Crippen molar-refractivity contribution in [1.29, 1.82) is 0 Å². The van der Waals surface area contributed by atoms with Gasteiger partial charge >= 0.3 is 0 Å². The number of likely N-dealkylation sites (tertiary alicyclic amines) is 1. The van der Waals surface area contributed by atoms with E-state index >= 15 is 0 Å². The van der Waals surface area contributed by atoms with Crippen molar-refractivity contribution in [2.24, 2.45) is 0 Å². The fourth-order valence-corrected chi connectivity index (χ4v) is 3.11. The van der Waals surface area contributed by atoms with E-state index in [1.165, 1.54) is 11.8 Å². The Labute approximate surface area is 144 Å². The van der Waals surface area contributed by atoms with Crippen LogP contribution in [0.15, 0.2) is 10.6 Å². The van der Waals surface area contributed by atoms with Crippen LogP contribution in [0.3, 0.4) is 0 Å². The van der Waals surface area contributed by atoms with Crippen LogP contribution in [-0.2, 0) is 9.59 Å². The van der Waals surface area contributed by atoms with Gasteiger partial charge in [0.05, 0.1) is 5.75 Å². The molecule has 1 aliphatic heterocycles. The Morgan fingerprint density at radius 2 is 2.21 bits per heavy atom. The van der Waals surface area contributed by atoms with Crippen molar-refractivity contribution in [1.82, 2.24) is 20.7 Å². The third kappa shape index (κ3) is 4.28. The summed E-state index contributed by atoms with van der Waals surface area (Å²) in [6.07, 6.45) is 2.22. The maximum atomic E-state index is 12.3. The van der Waals surface area contributed by atoms with E-state index in [2.05, 4.69) is 15.8 Å². The van der Waals surface area contributed by atoms with E-state index in [9.17, 15) is 14.4 Å². The lowest BCUT2D eigenvalue weighted by atomic mass is 10.1. The van der Waals surface area contributed by atoms with Crippen molar-refractivity contribution in [3.8, 4) is 0 Å². The number of thioether (sulfide) groups is 1. The molecule has 9 heteroatoms. The molecule has 0 bridgehead atoms. The van der Waals surface area contributed by atoms with E-state index in [-0.39, 0.29) is 29.5 Å². The molecule has 0 saturated carbocycles. The molecule has 3 amide bonds. The number of carbonyl (C=O) groups is 3. The van der Waals surface area contributed by atoms with Gasteiger partial charge < -0.3 is 20.1 Å². The van der Waals surface area contributed by atoms with Gasteiger partial charge in [0.15, 0.2) is 5.69 Å². The first-order chi connectivity index (χ1) is 11.5. The van der Waals surface area contributed by atoms with Crippen LogP contribution in [0.4, 0.5) is 0 Å². The highest BCUT2D eigenvalue weighted by molar-refractivity contribution is 7.99. The highest BCUT2D eigenvalue weighted by Gasteiger charge is 2.39. The zero-order valence-electron chi connectivity index (χ0n) is 14.0. The molecule has 0 radical (unpaired) electrons. The molecular weight excluding hydrogens is 332 g/mol. The Bertz CT molecular complexity index is 592. The number of aromatic nitrogens is 1. The van der Waals surface area contributed by atoms with Crippen LogP contribution in [0, 0.1) is 6.92 Å². The Morgan fingerprint density at radius 3 is 2.79 bits per heavy atom. The Kier molecular flexibility index (Phi) is 6.24. The molecule has 1 fully saturated rings. The number of hydrogen-bond donors (Lipinski definition) is 2. The molecule has 8 nitrogen and oxygen atoms in total. The predicted molar refractivity (Wildman–Crippen MR) is 89.7 cm³/mol. The van der Waals surface area contributed by atoms with E-state index < -0.39 is 6.04 Å². The third-order valence-electron chi connectivity index (χ3n) is 3.74. The first kappa shape index (κ1) is 18.3. The standard InChI is InChI=1S/C15H22N4O4S/c1-4-16-15(22)12-6-10(7-19(12)13(20)8-24-3)17-14(21)11-5-9(2)23-18-11/h5,10,12H,4,6-8H2,1-3H3,(H,16,22)(H,17,21)/t10-,12-/m0/s1. The molecule has 2 rings (SSSR count). The van der Waals surface area contributed by atoms with Crippen molar-refractivity contribution in [2.45, 2.75) is 32.4 Å². The number of rotatable bonds is 6. The zero-order chi connectivity index (χ0) is 17.7. The molecule has 0 aromatic carbocycles. The van der Waals surface area contributed by atoms with Crippen molar-refractivity contribution >= 4 is 29.5 Å². The third-order valence-corrected chi connectivity index (χ3v) is 4.27. The summed E-state index contributed by atoms with van der Waals surface area (Å²) in [5.74, 6) is 0.182. The van der Waals surface area contributed by atoms with Crippen molar-refractivity contribution < 1.29 is 18.9 Å². The lowest BCUT2D eigenvalue weighted by Crippen LogP contribution is -2.46. The van der Waals surface area contributed by atoms with Crippen LogP contribution in [0.2, 0.25) is 0 Å². The molecule has 2 N–H and O–H groups in total. The molecule has 0 aliphatic carbocycles. The molecular formula is C15H22N4O4S. The van der Waals surface area contributed by atoms with Crippen LogP contribution in [0.5, 0.6) is 0 Å². The average Bonchev–Trinajstić information content (AvgIpc) is 3.14. The minimum atomic E-state index is -0.561. The molecule has 2 heterocycles. The predicted octanol–water partition coefficient (Wildman–Crippen LogP) is 0.181. The van der Waals surface area contributed by atoms with Gasteiger partial charge in [-0.2, -0.15) is 11.8 Å². The van der Waals surface area contributed by atoms with Gasteiger partial charge in [0.25, 0.3) is 5.91 Å². The summed E-state index contributed by atoms with van der Waals surface area (Å²) >= 11 is 1.41. The normalized spacial score (nSPS) is 20.0. The molecule has 1 saturated heterocycles. The largest absolute Gasteiger partial charge is 0.361 e. The first-order valence-electron chi connectivity index (χ1n) is 7.76. The zero-order valence-corrected chi connectivity index (χ0v) is 14.8. The van der Waals surface area contributed by atoms with Gasteiger partial charge in [-0.25, -0.2) is 0 Å². The molecule has 24 heavy (non-hydrogen) atoms. The van der Waals surface area contributed by atoms with E-state index in [1.54, 1.807) is 17.9 Å². The summed E-state index contributed by atoms with van der Waals surface area (Å²) in [4.78, 5) is 38.2. The van der Waals surface area contributed by atoms with Crippen LogP contribution in [0.25, 0.3) is 0 Å². The van der Waals surface area contributed by atoms with Gasteiger partial charge in [-0.15, -0.1) is 0 Å². The monoisotopic (exact) mass is 354 g/mol.